The molecular formula is C17H20ClF2NO3. The minimum absolute atomic E-state index is 0.193. The van der Waals surface area contributed by atoms with Gasteiger partial charge in [0.05, 0.1) is 6.61 Å². The molecule has 2 unspecified atom stereocenters. The Kier molecular flexibility index (Phi) is 6.29. The number of benzene rings is 1. The number of hydrogen-bond acceptors (Lipinski definition) is 4. The van der Waals surface area contributed by atoms with E-state index in [1.165, 1.54) is 12.1 Å². The number of nitrogens with zero attached hydrogens (tertiary/aromatic N) is 1. The summed E-state index contributed by atoms with van der Waals surface area (Å²) >= 11 is 5.52. The van der Waals surface area contributed by atoms with Crippen molar-refractivity contribution in [2.75, 3.05) is 20.2 Å². The van der Waals surface area contributed by atoms with Gasteiger partial charge in [0.15, 0.2) is 0 Å². The molecule has 0 bridgehead atoms. The van der Waals surface area contributed by atoms with Gasteiger partial charge in [0.2, 0.25) is 0 Å². The summed E-state index contributed by atoms with van der Waals surface area (Å²) in [4.78, 5) is 25.7. The Morgan fingerprint density at radius 2 is 1.96 bits per heavy atom. The standard InChI is InChI=1S/C17H20ClF2NO3/c1-3-24-16(23)9-15(22)10-4-5-21(2)14(8-10)11-6-12(19)17(18)13(20)7-11/h6-7,10,14H,3-5,8-9H2,1-2H3. The van der Waals surface area contributed by atoms with Crippen LogP contribution in [0, 0.1) is 17.6 Å². The smallest absolute Gasteiger partial charge is 0.313 e. The van der Waals surface area contributed by atoms with Crippen LogP contribution < -0.4 is 0 Å². The van der Waals surface area contributed by atoms with Crippen LogP contribution in [0.15, 0.2) is 12.1 Å². The van der Waals surface area contributed by atoms with Crippen LogP contribution in [0.25, 0.3) is 0 Å². The maximum Gasteiger partial charge on any atom is 0.313 e. The summed E-state index contributed by atoms with van der Waals surface area (Å²) in [6, 6.07) is 2.09. The van der Waals surface area contributed by atoms with Gasteiger partial charge in [-0.3, -0.25) is 14.5 Å². The molecule has 1 aliphatic heterocycles. The topological polar surface area (TPSA) is 46.6 Å². The molecule has 4 nitrogen and oxygen atoms in total. The first kappa shape index (κ1) is 18.8. The van der Waals surface area contributed by atoms with E-state index in [1.54, 1.807) is 6.92 Å². The van der Waals surface area contributed by atoms with Gasteiger partial charge in [0.25, 0.3) is 0 Å². The second kappa shape index (κ2) is 8.03. The van der Waals surface area contributed by atoms with Crippen molar-refractivity contribution >= 4 is 23.4 Å². The van der Waals surface area contributed by atoms with E-state index in [-0.39, 0.29) is 30.8 Å². The van der Waals surface area contributed by atoms with Gasteiger partial charge >= 0.3 is 5.97 Å². The minimum Gasteiger partial charge on any atom is -0.466 e. The lowest BCUT2D eigenvalue weighted by molar-refractivity contribution is -0.146. The molecule has 2 rings (SSSR count). The third-order valence-electron chi connectivity index (χ3n) is 4.34. The van der Waals surface area contributed by atoms with Gasteiger partial charge in [0.1, 0.15) is 28.9 Å². The summed E-state index contributed by atoms with van der Waals surface area (Å²) in [6.45, 7) is 2.50. The van der Waals surface area contributed by atoms with Crippen LogP contribution >= 0.6 is 11.6 Å². The monoisotopic (exact) mass is 359 g/mol. The van der Waals surface area contributed by atoms with Gasteiger partial charge in [-0.25, -0.2) is 8.78 Å². The molecule has 2 atom stereocenters. The number of piperidine rings is 1. The fraction of sp³-hybridized carbons (Fsp3) is 0.529. The first-order valence-corrected chi connectivity index (χ1v) is 8.24. The van der Waals surface area contributed by atoms with E-state index >= 15 is 0 Å². The Balaban J connectivity index is 2.13. The highest BCUT2D eigenvalue weighted by Gasteiger charge is 2.32. The maximum absolute atomic E-state index is 13.7. The van der Waals surface area contributed by atoms with E-state index in [1.807, 2.05) is 11.9 Å². The van der Waals surface area contributed by atoms with Crippen molar-refractivity contribution in [3.63, 3.8) is 0 Å². The van der Waals surface area contributed by atoms with Crippen molar-refractivity contribution in [3.05, 3.63) is 34.4 Å². The molecule has 7 heteroatoms. The van der Waals surface area contributed by atoms with Crippen LogP contribution in [0.5, 0.6) is 0 Å². The number of ketones is 1. The zero-order chi connectivity index (χ0) is 17.9. The molecule has 0 saturated carbocycles. The zero-order valence-electron chi connectivity index (χ0n) is 13.7. The summed E-state index contributed by atoms with van der Waals surface area (Å²) in [5.41, 5.74) is 0.436. The second-order valence-corrected chi connectivity index (χ2v) is 6.34. The summed E-state index contributed by atoms with van der Waals surface area (Å²) in [7, 11) is 1.83. The summed E-state index contributed by atoms with van der Waals surface area (Å²) < 4.78 is 32.2. The van der Waals surface area contributed by atoms with Gasteiger partial charge < -0.3 is 4.74 Å². The number of hydrogen-bond donors (Lipinski definition) is 0. The average molecular weight is 360 g/mol. The molecule has 0 N–H and O–H groups in total. The van der Waals surface area contributed by atoms with Gasteiger partial charge in [0, 0.05) is 12.0 Å². The molecule has 0 aromatic heterocycles. The van der Waals surface area contributed by atoms with Crippen molar-refractivity contribution in [3.8, 4) is 0 Å². The Labute approximate surface area is 144 Å². The third kappa shape index (κ3) is 4.30. The Morgan fingerprint density at radius 3 is 2.54 bits per heavy atom. The summed E-state index contributed by atoms with van der Waals surface area (Å²) in [6.07, 6.45) is 0.733. The van der Waals surface area contributed by atoms with Crippen LogP contribution in [0.4, 0.5) is 8.78 Å². The molecule has 1 heterocycles. The number of rotatable bonds is 5. The normalized spacial score (nSPS) is 21.5. The first-order valence-electron chi connectivity index (χ1n) is 7.86. The van der Waals surface area contributed by atoms with E-state index in [0.29, 0.717) is 24.9 Å². The molecule has 1 aromatic rings. The highest BCUT2D eigenvalue weighted by molar-refractivity contribution is 6.30. The lowest BCUT2D eigenvalue weighted by Crippen LogP contribution is -2.37. The largest absolute Gasteiger partial charge is 0.466 e. The molecule has 0 aliphatic carbocycles. The molecule has 24 heavy (non-hydrogen) atoms. The number of Topliss-reactive ketones (excluding diaryl/α,β-unsaturated/α-hetero) is 1. The average Bonchev–Trinajstić information content (AvgIpc) is 2.52. The lowest BCUT2D eigenvalue weighted by Gasteiger charge is -2.37. The quantitative estimate of drug-likeness (QED) is 0.458. The van der Waals surface area contributed by atoms with E-state index in [2.05, 4.69) is 0 Å². The molecular weight excluding hydrogens is 340 g/mol. The summed E-state index contributed by atoms with van der Waals surface area (Å²) in [5, 5.41) is -0.535. The van der Waals surface area contributed by atoms with Gasteiger partial charge in [-0.15, -0.1) is 0 Å². The SMILES string of the molecule is CCOC(=O)CC(=O)C1CCN(C)C(c2cc(F)c(Cl)c(F)c2)C1. The van der Waals surface area contributed by atoms with Gasteiger partial charge in [-0.05, 0) is 51.1 Å². The molecule has 1 saturated heterocycles. The third-order valence-corrected chi connectivity index (χ3v) is 4.70. The van der Waals surface area contributed by atoms with Crippen LogP contribution in [0.3, 0.4) is 0 Å². The highest BCUT2D eigenvalue weighted by atomic mass is 35.5. The predicted molar refractivity (Wildman–Crippen MR) is 85.7 cm³/mol. The molecule has 0 radical (unpaired) electrons. The second-order valence-electron chi connectivity index (χ2n) is 5.96. The number of carbonyl (C=O) groups excluding carboxylic acids is 2. The predicted octanol–water partition coefficient (Wildman–Crippen LogP) is 3.52. The fourth-order valence-corrected chi connectivity index (χ4v) is 3.14. The number of esters is 1. The van der Waals surface area contributed by atoms with Crippen LogP contribution in [-0.4, -0.2) is 36.9 Å². The van der Waals surface area contributed by atoms with Crippen molar-refractivity contribution in [2.24, 2.45) is 5.92 Å². The van der Waals surface area contributed by atoms with E-state index < -0.39 is 22.6 Å². The zero-order valence-corrected chi connectivity index (χ0v) is 14.4. The lowest BCUT2D eigenvalue weighted by atomic mass is 9.84. The van der Waals surface area contributed by atoms with Gasteiger partial charge in [-0.2, -0.15) is 0 Å². The van der Waals surface area contributed by atoms with Crippen molar-refractivity contribution < 1.29 is 23.1 Å². The number of halogens is 3. The summed E-state index contributed by atoms with van der Waals surface area (Å²) in [5.74, 6) is -2.71. The Bertz CT molecular complexity index is 615. The Hall–Kier alpha value is -1.53. The molecule has 1 aliphatic rings. The van der Waals surface area contributed by atoms with E-state index in [9.17, 15) is 18.4 Å². The molecule has 1 aromatic carbocycles. The van der Waals surface area contributed by atoms with Crippen LogP contribution in [-0.2, 0) is 14.3 Å². The van der Waals surface area contributed by atoms with Crippen molar-refractivity contribution in [1.29, 1.82) is 0 Å². The maximum atomic E-state index is 13.7. The van der Waals surface area contributed by atoms with Crippen molar-refractivity contribution in [1.82, 2.24) is 4.90 Å². The first-order chi connectivity index (χ1) is 11.3. The fourth-order valence-electron chi connectivity index (χ4n) is 3.03. The van der Waals surface area contributed by atoms with E-state index in [4.69, 9.17) is 16.3 Å². The van der Waals surface area contributed by atoms with Crippen LogP contribution in [0.1, 0.15) is 37.8 Å². The molecule has 132 valence electrons. The van der Waals surface area contributed by atoms with Crippen molar-refractivity contribution in [2.45, 2.75) is 32.2 Å². The van der Waals surface area contributed by atoms with Gasteiger partial charge in [-0.1, -0.05) is 11.6 Å². The molecule has 0 spiro atoms. The van der Waals surface area contributed by atoms with E-state index in [0.717, 1.165) is 0 Å². The number of ether oxygens (including phenoxy) is 1. The minimum atomic E-state index is -0.819. The highest BCUT2D eigenvalue weighted by Crippen LogP contribution is 2.36. The number of carbonyl (C=O) groups is 2. The molecule has 1 fully saturated rings. The number of likely N-dealkylation sites (tertiary alicyclic amines) is 1. The molecule has 0 amide bonds. The Morgan fingerprint density at radius 1 is 1.33 bits per heavy atom. The van der Waals surface area contributed by atoms with Crippen LogP contribution in [0.2, 0.25) is 5.02 Å².